The molecule has 2 N–H and O–H groups in total. The molecule has 2 aromatic carbocycles. The summed E-state index contributed by atoms with van der Waals surface area (Å²) in [7, 11) is 0. The van der Waals surface area contributed by atoms with Crippen LogP contribution < -0.4 is 10.6 Å². The second-order valence-electron chi connectivity index (χ2n) is 5.00. The van der Waals surface area contributed by atoms with E-state index in [0.717, 1.165) is 0 Å². The Morgan fingerprint density at radius 1 is 0.917 bits per heavy atom. The van der Waals surface area contributed by atoms with Crippen molar-refractivity contribution in [2.24, 2.45) is 0 Å². The van der Waals surface area contributed by atoms with Crippen LogP contribution in [-0.2, 0) is 0 Å². The van der Waals surface area contributed by atoms with Crippen LogP contribution in [0.25, 0.3) is 0 Å². The van der Waals surface area contributed by atoms with Crippen molar-refractivity contribution in [3.63, 3.8) is 0 Å². The standard InChI is InChI=1S/C18H13F2N3O/c19-12-4-3-5-13(10-12)23-18(24)17-9-8-14(11-21-17)22-16-7-2-1-6-15(16)20/h1-11,22H,(H,23,24). The van der Waals surface area contributed by atoms with E-state index in [1.165, 1.54) is 36.5 Å². The summed E-state index contributed by atoms with van der Waals surface area (Å²) in [6.07, 6.45) is 1.42. The van der Waals surface area contributed by atoms with Crippen LogP contribution in [-0.4, -0.2) is 10.9 Å². The van der Waals surface area contributed by atoms with Gasteiger partial charge in [0.2, 0.25) is 0 Å². The van der Waals surface area contributed by atoms with Crippen molar-refractivity contribution in [1.82, 2.24) is 4.98 Å². The molecule has 0 aliphatic heterocycles. The van der Waals surface area contributed by atoms with E-state index in [1.54, 1.807) is 30.3 Å². The highest BCUT2D eigenvalue weighted by atomic mass is 19.1. The van der Waals surface area contributed by atoms with Crippen LogP contribution in [0.5, 0.6) is 0 Å². The van der Waals surface area contributed by atoms with E-state index in [2.05, 4.69) is 15.6 Å². The Hall–Kier alpha value is -3.28. The normalized spacial score (nSPS) is 10.2. The summed E-state index contributed by atoms with van der Waals surface area (Å²) in [5.74, 6) is -1.28. The van der Waals surface area contributed by atoms with E-state index in [9.17, 15) is 13.6 Å². The predicted octanol–water partition coefficient (Wildman–Crippen LogP) is 4.36. The molecule has 24 heavy (non-hydrogen) atoms. The summed E-state index contributed by atoms with van der Waals surface area (Å²) in [6, 6.07) is 14.9. The zero-order chi connectivity index (χ0) is 16.9. The Kier molecular flexibility index (Phi) is 4.47. The minimum absolute atomic E-state index is 0.165. The number of anilines is 3. The number of benzene rings is 2. The van der Waals surface area contributed by atoms with E-state index in [4.69, 9.17) is 0 Å². The number of hydrogen-bond donors (Lipinski definition) is 2. The molecule has 1 amide bonds. The van der Waals surface area contributed by atoms with Gasteiger partial charge in [-0.1, -0.05) is 18.2 Å². The largest absolute Gasteiger partial charge is 0.352 e. The first-order valence-electron chi connectivity index (χ1n) is 7.16. The minimum atomic E-state index is -0.460. The van der Waals surface area contributed by atoms with Gasteiger partial charge in [0, 0.05) is 5.69 Å². The fourth-order valence-electron chi connectivity index (χ4n) is 2.08. The Morgan fingerprint density at radius 2 is 1.75 bits per heavy atom. The lowest BCUT2D eigenvalue weighted by Crippen LogP contribution is -2.13. The maximum absolute atomic E-state index is 13.6. The van der Waals surface area contributed by atoms with Crippen molar-refractivity contribution in [2.45, 2.75) is 0 Å². The van der Waals surface area contributed by atoms with Gasteiger partial charge in [-0.2, -0.15) is 0 Å². The SMILES string of the molecule is O=C(Nc1cccc(F)c1)c1ccc(Nc2ccccc2F)cn1. The van der Waals surface area contributed by atoms with E-state index in [-0.39, 0.29) is 11.5 Å². The molecule has 3 aromatic rings. The van der Waals surface area contributed by atoms with Crippen molar-refractivity contribution in [2.75, 3.05) is 10.6 Å². The number of rotatable bonds is 4. The predicted molar refractivity (Wildman–Crippen MR) is 88.3 cm³/mol. The molecule has 1 aromatic heterocycles. The van der Waals surface area contributed by atoms with Gasteiger partial charge >= 0.3 is 0 Å². The van der Waals surface area contributed by atoms with Crippen LogP contribution >= 0.6 is 0 Å². The molecule has 0 bridgehead atoms. The number of carbonyl (C=O) groups excluding carboxylic acids is 1. The van der Waals surface area contributed by atoms with Gasteiger partial charge in [-0.25, -0.2) is 13.8 Å². The van der Waals surface area contributed by atoms with Crippen molar-refractivity contribution in [3.8, 4) is 0 Å². The molecule has 0 spiro atoms. The number of amides is 1. The second kappa shape index (κ2) is 6.87. The molecule has 120 valence electrons. The lowest BCUT2D eigenvalue weighted by atomic mass is 10.2. The zero-order valence-corrected chi connectivity index (χ0v) is 12.5. The molecule has 0 saturated heterocycles. The summed E-state index contributed by atoms with van der Waals surface area (Å²) >= 11 is 0. The Balaban J connectivity index is 1.70. The van der Waals surface area contributed by atoms with Crippen LogP contribution in [0.4, 0.5) is 25.8 Å². The van der Waals surface area contributed by atoms with Crippen molar-refractivity contribution < 1.29 is 13.6 Å². The van der Waals surface area contributed by atoms with Gasteiger partial charge in [-0.15, -0.1) is 0 Å². The third kappa shape index (κ3) is 3.73. The smallest absolute Gasteiger partial charge is 0.274 e. The van der Waals surface area contributed by atoms with Crippen LogP contribution in [0.1, 0.15) is 10.5 Å². The van der Waals surface area contributed by atoms with E-state index in [0.29, 0.717) is 17.1 Å². The van der Waals surface area contributed by atoms with Gasteiger partial charge < -0.3 is 10.6 Å². The van der Waals surface area contributed by atoms with Crippen LogP contribution in [0.15, 0.2) is 66.9 Å². The fourth-order valence-corrected chi connectivity index (χ4v) is 2.08. The van der Waals surface area contributed by atoms with Gasteiger partial charge in [-0.3, -0.25) is 4.79 Å². The van der Waals surface area contributed by atoms with Gasteiger partial charge in [0.1, 0.15) is 17.3 Å². The fraction of sp³-hybridized carbons (Fsp3) is 0. The molecule has 0 saturated carbocycles. The molecule has 0 fully saturated rings. The average Bonchev–Trinajstić information content (AvgIpc) is 2.57. The molecule has 6 heteroatoms. The molecule has 3 rings (SSSR count). The highest BCUT2D eigenvalue weighted by molar-refractivity contribution is 6.02. The van der Waals surface area contributed by atoms with Gasteiger partial charge in [0.05, 0.1) is 17.6 Å². The van der Waals surface area contributed by atoms with E-state index in [1.807, 2.05) is 0 Å². The van der Waals surface area contributed by atoms with Gasteiger partial charge in [0.15, 0.2) is 0 Å². The lowest BCUT2D eigenvalue weighted by molar-refractivity contribution is 0.102. The average molecular weight is 325 g/mol. The minimum Gasteiger partial charge on any atom is -0.352 e. The highest BCUT2D eigenvalue weighted by Gasteiger charge is 2.09. The number of nitrogens with zero attached hydrogens (tertiary/aromatic N) is 1. The maximum atomic E-state index is 13.6. The molecule has 4 nitrogen and oxygen atoms in total. The van der Waals surface area contributed by atoms with Gasteiger partial charge in [-0.05, 0) is 42.5 Å². The summed E-state index contributed by atoms with van der Waals surface area (Å²) in [4.78, 5) is 16.1. The van der Waals surface area contributed by atoms with Crippen molar-refractivity contribution >= 4 is 23.0 Å². The Labute approximate surface area is 137 Å². The van der Waals surface area contributed by atoms with Gasteiger partial charge in [0.25, 0.3) is 5.91 Å². The molecule has 1 heterocycles. The molecule has 0 aliphatic rings. The van der Waals surface area contributed by atoms with Crippen LogP contribution in [0, 0.1) is 11.6 Å². The van der Waals surface area contributed by atoms with Crippen LogP contribution in [0.2, 0.25) is 0 Å². The third-order valence-electron chi connectivity index (χ3n) is 3.23. The molecular weight excluding hydrogens is 312 g/mol. The number of halogens is 2. The monoisotopic (exact) mass is 325 g/mol. The number of para-hydroxylation sites is 1. The summed E-state index contributed by atoms with van der Waals surface area (Å²) in [6.45, 7) is 0. The number of aromatic nitrogens is 1. The Morgan fingerprint density at radius 3 is 2.46 bits per heavy atom. The topological polar surface area (TPSA) is 54.0 Å². The number of nitrogens with one attached hydrogen (secondary N) is 2. The first-order chi connectivity index (χ1) is 11.6. The summed E-state index contributed by atoms with van der Waals surface area (Å²) in [5, 5.41) is 5.43. The second-order valence-corrected chi connectivity index (χ2v) is 5.00. The molecule has 0 unspecified atom stereocenters. The van der Waals surface area contributed by atoms with Crippen LogP contribution in [0.3, 0.4) is 0 Å². The molecule has 0 radical (unpaired) electrons. The summed E-state index contributed by atoms with van der Waals surface area (Å²) < 4.78 is 26.7. The van der Waals surface area contributed by atoms with Crippen molar-refractivity contribution in [1.29, 1.82) is 0 Å². The zero-order valence-electron chi connectivity index (χ0n) is 12.5. The quantitative estimate of drug-likeness (QED) is 0.749. The van der Waals surface area contributed by atoms with E-state index >= 15 is 0 Å². The number of pyridine rings is 1. The van der Waals surface area contributed by atoms with Crippen molar-refractivity contribution in [3.05, 3.63) is 84.2 Å². The molecule has 0 aliphatic carbocycles. The summed E-state index contributed by atoms with van der Waals surface area (Å²) in [5.41, 5.74) is 1.37. The first-order valence-corrected chi connectivity index (χ1v) is 7.16. The molecular formula is C18H13F2N3O. The first kappa shape index (κ1) is 15.6. The number of carbonyl (C=O) groups is 1. The Bertz CT molecular complexity index is 866. The third-order valence-corrected chi connectivity index (χ3v) is 3.23. The van der Waals surface area contributed by atoms with E-state index < -0.39 is 11.7 Å². The maximum Gasteiger partial charge on any atom is 0.274 e. The molecule has 0 atom stereocenters. The highest BCUT2D eigenvalue weighted by Crippen LogP contribution is 2.19. The lowest BCUT2D eigenvalue weighted by Gasteiger charge is -2.08. The number of hydrogen-bond acceptors (Lipinski definition) is 3.